The Kier molecular flexibility index (Phi) is 3.83. The zero-order valence-corrected chi connectivity index (χ0v) is 9.97. The molecule has 0 saturated heterocycles. The summed E-state index contributed by atoms with van der Waals surface area (Å²) in [6.07, 6.45) is -7.08. The van der Waals surface area contributed by atoms with E-state index in [1.165, 1.54) is 24.3 Å². The van der Waals surface area contributed by atoms with Gasteiger partial charge in [-0.15, -0.1) is 0 Å². The molecule has 96 valence electrons. The van der Waals surface area contributed by atoms with Crippen LogP contribution in [-0.4, -0.2) is 20.7 Å². The lowest BCUT2D eigenvalue weighted by Crippen LogP contribution is -2.30. The fourth-order valence-electron chi connectivity index (χ4n) is 1.01. The van der Waals surface area contributed by atoms with Crippen molar-refractivity contribution in [1.82, 2.24) is 0 Å². The highest BCUT2D eigenvalue weighted by atomic mass is 32.2. The predicted octanol–water partition coefficient (Wildman–Crippen LogP) is 2.65. The molecular formula is C10H11F3O3S. The van der Waals surface area contributed by atoms with Gasteiger partial charge in [-0.25, -0.2) is 0 Å². The molecule has 0 heterocycles. The average molecular weight is 268 g/mol. The van der Waals surface area contributed by atoms with Crippen LogP contribution in [0.1, 0.15) is 12.5 Å². The van der Waals surface area contributed by atoms with Crippen molar-refractivity contribution < 1.29 is 25.8 Å². The summed E-state index contributed by atoms with van der Waals surface area (Å²) in [4.78, 5) is -0.292. The lowest BCUT2D eigenvalue weighted by atomic mass is 10.2. The molecule has 0 bridgehead atoms. The van der Waals surface area contributed by atoms with Crippen LogP contribution >= 0.6 is 0 Å². The molecule has 0 amide bonds. The quantitative estimate of drug-likeness (QED) is 0.791. The first-order valence-electron chi connectivity index (χ1n) is 4.69. The monoisotopic (exact) mass is 268 g/mol. The summed E-state index contributed by atoms with van der Waals surface area (Å²) >= 11 is 0. The molecule has 0 aromatic heterocycles. The third-order valence-electron chi connectivity index (χ3n) is 2.04. The van der Waals surface area contributed by atoms with Crippen LogP contribution in [0.2, 0.25) is 0 Å². The molecule has 1 rings (SSSR count). The highest BCUT2D eigenvalue weighted by molar-refractivity contribution is 7.86. The van der Waals surface area contributed by atoms with Gasteiger partial charge in [0.1, 0.15) is 0 Å². The van der Waals surface area contributed by atoms with Gasteiger partial charge in [-0.05, 0) is 26.0 Å². The van der Waals surface area contributed by atoms with Gasteiger partial charge < -0.3 is 0 Å². The van der Waals surface area contributed by atoms with Gasteiger partial charge in [0.05, 0.1) is 4.90 Å². The lowest BCUT2D eigenvalue weighted by Gasteiger charge is -2.15. The van der Waals surface area contributed by atoms with Crippen molar-refractivity contribution in [3.8, 4) is 0 Å². The molecule has 1 aromatic rings. The number of rotatable bonds is 3. The summed E-state index contributed by atoms with van der Waals surface area (Å²) in [5.74, 6) is 0. The highest BCUT2D eigenvalue weighted by Crippen LogP contribution is 2.26. The van der Waals surface area contributed by atoms with Gasteiger partial charge in [0.15, 0.2) is 6.10 Å². The Morgan fingerprint density at radius 2 is 1.65 bits per heavy atom. The van der Waals surface area contributed by atoms with Gasteiger partial charge in [-0.3, -0.25) is 4.18 Å². The second kappa shape index (κ2) is 4.66. The highest BCUT2D eigenvalue weighted by Gasteiger charge is 2.40. The molecule has 0 radical (unpaired) electrons. The van der Waals surface area contributed by atoms with Crippen molar-refractivity contribution in [1.29, 1.82) is 0 Å². The van der Waals surface area contributed by atoms with E-state index in [-0.39, 0.29) is 4.90 Å². The van der Waals surface area contributed by atoms with Crippen molar-refractivity contribution in [2.75, 3.05) is 0 Å². The largest absolute Gasteiger partial charge is 0.415 e. The Morgan fingerprint density at radius 3 is 2.06 bits per heavy atom. The molecule has 0 saturated carbocycles. The van der Waals surface area contributed by atoms with E-state index < -0.39 is 22.4 Å². The molecule has 0 N–H and O–H groups in total. The van der Waals surface area contributed by atoms with Crippen LogP contribution < -0.4 is 0 Å². The van der Waals surface area contributed by atoms with E-state index in [2.05, 4.69) is 4.18 Å². The molecule has 3 nitrogen and oxygen atoms in total. The Balaban J connectivity index is 2.94. The van der Waals surface area contributed by atoms with Gasteiger partial charge in [-0.1, -0.05) is 17.7 Å². The van der Waals surface area contributed by atoms with Crippen LogP contribution in [-0.2, 0) is 14.3 Å². The molecular weight excluding hydrogens is 257 g/mol. The van der Waals surface area contributed by atoms with Crippen LogP contribution in [0, 0.1) is 6.92 Å². The van der Waals surface area contributed by atoms with Gasteiger partial charge in [0, 0.05) is 0 Å². The van der Waals surface area contributed by atoms with Crippen LogP contribution in [0.4, 0.5) is 13.2 Å². The molecule has 0 spiro atoms. The topological polar surface area (TPSA) is 43.4 Å². The fraction of sp³-hybridized carbons (Fsp3) is 0.400. The molecule has 0 fully saturated rings. The Bertz CT molecular complexity index is 477. The van der Waals surface area contributed by atoms with Crippen LogP contribution in [0.15, 0.2) is 29.2 Å². The second-order valence-electron chi connectivity index (χ2n) is 3.55. The number of aryl methyl sites for hydroxylation is 1. The first-order chi connectivity index (χ1) is 7.63. The van der Waals surface area contributed by atoms with E-state index in [0.29, 0.717) is 6.92 Å². The minimum absolute atomic E-state index is 0.292. The third-order valence-corrected chi connectivity index (χ3v) is 3.43. The fourth-order valence-corrected chi connectivity index (χ4v) is 2.07. The van der Waals surface area contributed by atoms with Gasteiger partial charge in [-0.2, -0.15) is 21.6 Å². The summed E-state index contributed by atoms with van der Waals surface area (Å²) < 4.78 is 63.5. The Morgan fingerprint density at radius 1 is 1.18 bits per heavy atom. The molecule has 1 unspecified atom stereocenters. The summed E-state index contributed by atoms with van der Waals surface area (Å²) in [5, 5.41) is 0. The second-order valence-corrected chi connectivity index (χ2v) is 5.12. The minimum Gasteiger partial charge on any atom is -0.254 e. The van der Waals surface area contributed by atoms with E-state index >= 15 is 0 Å². The van der Waals surface area contributed by atoms with Crippen LogP contribution in [0.25, 0.3) is 0 Å². The molecule has 0 aliphatic carbocycles. The normalized spacial score (nSPS) is 14.6. The van der Waals surface area contributed by atoms with E-state index in [1.807, 2.05) is 0 Å². The number of halogens is 3. The predicted molar refractivity (Wildman–Crippen MR) is 55.0 cm³/mol. The lowest BCUT2D eigenvalue weighted by molar-refractivity contribution is -0.188. The third kappa shape index (κ3) is 3.71. The van der Waals surface area contributed by atoms with Crippen molar-refractivity contribution in [3.63, 3.8) is 0 Å². The Labute approximate surface area is 97.3 Å². The van der Waals surface area contributed by atoms with Crippen molar-refractivity contribution in [2.24, 2.45) is 0 Å². The number of benzene rings is 1. The zero-order valence-electron chi connectivity index (χ0n) is 9.15. The number of hydrogen-bond donors (Lipinski definition) is 0. The average Bonchev–Trinajstić information content (AvgIpc) is 2.16. The molecule has 1 aromatic carbocycles. The maximum Gasteiger partial charge on any atom is 0.415 e. The number of hydrogen-bond acceptors (Lipinski definition) is 3. The van der Waals surface area contributed by atoms with Crippen LogP contribution in [0.3, 0.4) is 0 Å². The van der Waals surface area contributed by atoms with Crippen LogP contribution in [0.5, 0.6) is 0 Å². The summed E-state index contributed by atoms with van der Waals surface area (Å²) in [6, 6.07) is 5.37. The van der Waals surface area contributed by atoms with Gasteiger partial charge >= 0.3 is 6.18 Å². The van der Waals surface area contributed by atoms with Gasteiger partial charge in [0.2, 0.25) is 0 Å². The maximum absolute atomic E-state index is 12.2. The van der Waals surface area contributed by atoms with E-state index in [1.54, 1.807) is 6.92 Å². The Hall–Kier alpha value is -1.08. The smallest absolute Gasteiger partial charge is 0.254 e. The molecule has 17 heavy (non-hydrogen) atoms. The summed E-state index contributed by atoms with van der Waals surface area (Å²) in [5.41, 5.74) is 0.799. The number of alkyl halides is 3. The molecule has 0 aliphatic heterocycles. The van der Waals surface area contributed by atoms with E-state index in [9.17, 15) is 21.6 Å². The first kappa shape index (κ1) is 14.0. The van der Waals surface area contributed by atoms with E-state index in [4.69, 9.17) is 0 Å². The summed E-state index contributed by atoms with van der Waals surface area (Å²) in [7, 11) is -4.38. The van der Waals surface area contributed by atoms with Crippen molar-refractivity contribution in [3.05, 3.63) is 29.8 Å². The molecule has 0 aliphatic rings. The SMILES string of the molecule is Cc1ccc(S(=O)(=O)OC(C)C(F)(F)F)cc1. The van der Waals surface area contributed by atoms with Gasteiger partial charge in [0.25, 0.3) is 10.1 Å². The van der Waals surface area contributed by atoms with Crippen molar-refractivity contribution in [2.45, 2.75) is 31.0 Å². The summed E-state index contributed by atoms with van der Waals surface area (Å²) in [6.45, 7) is 2.38. The molecule has 7 heteroatoms. The standard InChI is InChI=1S/C10H11F3O3S/c1-7-3-5-9(6-4-7)17(14,15)16-8(2)10(11,12)13/h3-6,8H,1-2H3. The maximum atomic E-state index is 12.2. The van der Waals surface area contributed by atoms with Crippen molar-refractivity contribution >= 4 is 10.1 Å². The zero-order chi connectivity index (χ0) is 13.3. The first-order valence-corrected chi connectivity index (χ1v) is 6.10. The molecule has 1 atom stereocenters. The van der Waals surface area contributed by atoms with E-state index in [0.717, 1.165) is 5.56 Å². The minimum atomic E-state index is -4.71.